The molecule has 2 rings (SSSR count). The molecule has 0 amide bonds. The summed E-state index contributed by atoms with van der Waals surface area (Å²) in [7, 11) is 0. The number of hydrogen-bond donors (Lipinski definition) is 1. The molecule has 118 valence electrons. The molecular formula is C19H30FN. The van der Waals surface area contributed by atoms with Gasteiger partial charge in [-0.15, -0.1) is 0 Å². The molecule has 21 heavy (non-hydrogen) atoms. The number of benzene rings is 1. The van der Waals surface area contributed by atoms with Crippen LogP contribution in [-0.2, 0) is 6.42 Å². The Labute approximate surface area is 129 Å². The summed E-state index contributed by atoms with van der Waals surface area (Å²) in [6, 6.07) is 5.76. The van der Waals surface area contributed by atoms with E-state index >= 15 is 0 Å². The van der Waals surface area contributed by atoms with E-state index in [1.54, 1.807) is 12.1 Å². The summed E-state index contributed by atoms with van der Waals surface area (Å²) in [6.07, 6.45) is 10.5. The van der Waals surface area contributed by atoms with E-state index in [9.17, 15) is 4.39 Å². The maximum Gasteiger partial charge on any atom is 0.123 e. The van der Waals surface area contributed by atoms with Crippen LogP contribution in [-0.4, -0.2) is 12.6 Å². The van der Waals surface area contributed by atoms with Crippen molar-refractivity contribution < 1.29 is 4.39 Å². The lowest BCUT2D eigenvalue weighted by molar-refractivity contribution is 0.296. The molecule has 2 heteroatoms. The predicted molar refractivity (Wildman–Crippen MR) is 88.1 cm³/mol. The molecule has 1 fully saturated rings. The lowest BCUT2D eigenvalue weighted by atomic mass is 9.83. The van der Waals surface area contributed by atoms with Crippen LogP contribution < -0.4 is 5.32 Å². The quantitative estimate of drug-likeness (QED) is 0.744. The van der Waals surface area contributed by atoms with Crippen molar-refractivity contribution in [1.29, 1.82) is 0 Å². The second kappa shape index (κ2) is 8.53. The third kappa shape index (κ3) is 5.43. The highest BCUT2D eigenvalue weighted by molar-refractivity contribution is 5.27. The van der Waals surface area contributed by atoms with E-state index in [0.717, 1.165) is 24.4 Å². The second-order valence-corrected chi connectivity index (χ2v) is 6.67. The molecule has 1 aliphatic carbocycles. The van der Waals surface area contributed by atoms with Crippen LogP contribution in [0.1, 0.15) is 63.0 Å². The smallest absolute Gasteiger partial charge is 0.123 e. The van der Waals surface area contributed by atoms with E-state index in [2.05, 4.69) is 12.2 Å². The second-order valence-electron chi connectivity index (χ2n) is 6.67. The number of nitrogens with one attached hydrogen (secondary N) is 1. The van der Waals surface area contributed by atoms with Crippen LogP contribution in [0.3, 0.4) is 0 Å². The number of rotatable bonds is 7. The van der Waals surface area contributed by atoms with Gasteiger partial charge in [0.2, 0.25) is 0 Å². The van der Waals surface area contributed by atoms with Crippen molar-refractivity contribution in [2.75, 3.05) is 6.54 Å². The summed E-state index contributed by atoms with van der Waals surface area (Å²) >= 11 is 0. The first-order valence-corrected chi connectivity index (χ1v) is 8.67. The third-order valence-electron chi connectivity index (χ3n) is 4.80. The van der Waals surface area contributed by atoms with Crippen molar-refractivity contribution in [1.82, 2.24) is 5.32 Å². The highest BCUT2D eigenvalue weighted by Crippen LogP contribution is 2.28. The van der Waals surface area contributed by atoms with Gasteiger partial charge in [0.15, 0.2) is 0 Å². The Kier molecular flexibility index (Phi) is 6.69. The summed E-state index contributed by atoms with van der Waals surface area (Å²) in [5.41, 5.74) is 2.38. The molecule has 1 unspecified atom stereocenters. The maximum absolute atomic E-state index is 13.2. The van der Waals surface area contributed by atoms with Gasteiger partial charge in [-0.1, -0.05) is 45.1 Å². The predicted octanol–water partition coefficient (Wildman–Crippen LogP) is 5.02. The summed E-state index contributed by atoms with van der Waals surface area (Å²) in [6.45, 7) is 5.32. The highest BCUT2D eigenvalue weighted by Gasteiger charge is 2.19. The van der Waals surface area contributed by atoms with Gasteiger partial charge in [0.05, 0.1) is 0 Å². The van der Waals surface area contributed by atoms with Gasteiger partial charge < -0.3 is 5.32 Å². The first-order valence-electron chi connectivity index (χ1n) is 8.67. The van der Waals surface area contributed by atoms with E-state index < -0.39 is 0 Å². The zero-order valence-electron chi connectivity index (χ0n) is 13.6. The van der Waals surface area contributed by atoms with E-state index in [0.29, 0.717) is 6.04 Å². The van der Waals surface area contributed by atoms with Crippen molar-refractivity contribution in [2.45, 2.75) is 71.3 Å². The first kappa shape index (κ1) is 16.5. The molecule has 0 heterocycles. The maximum atomic E-state index is 13.2. The van der Waals surface area contributed by atoms with Gasteiger partial charge in [-0.3, -0.25) is 0 Å². The first-order chi connectivity index (χ1) is 10.2. The van der Waals surface area contributed by atoms with Crippen LogP contribution in [0.2, 0.25) is 0 Å². The molecule has 0 saturated heterocycles. The molecule has 1 nitrogen and oxygen atoms in total. The van der Waals surface area contributed by atoms with Gasteiger partial charge in [-0.25, -0.2) is 4.39 Å². The Morgan fingerprint density at radius 3 is 2.67 bits per heavy atom. The van der Waals surface area contributed by atoms with E-state index in [1.807, 2.05) is 13.0 Å². The SMILES string of the molecule is CCCNC(Cc1ccc(F)cc1C)CC1CCCCC1. The normalized spacial score (nSPS) is 17.9. The minimum absolute atomic E-state index is 0.124. The van der Waals surface area contributed by atoms with Gasteiger partial charge in [0.25, 0.3) is 0 Å². The Bertz CT molecular complexity index is 424. The summed E-state index contributed by atoms with van der Waals surface area (Å²) in [4.78, 5) is 0. The van der Waals surface area contributed by atoms with Crippen molar-refractivity contribution >= 4 is 0 Å². The molecule has 1 aromatic carbocycles. The van der Waals surface area contributed by atoms with Gasteiger partial charge in [-0.2, -0.15) is 0 Å². The molecule has 0 aromatic heterocycles. The van der Waals surface area contributed by atoms with E-state index in [-0.39, 0.29) is 5.82 Å². The molecule has 1 aromatic rings. The molecule has 1 aliphatic rings. The van der Waals surface area contributed by atoms with Crippen LogP contribution in [0, 0.1) is 18.7 Å². The lowest BCUT2D eigenvalue weighted by Gasteiger charge is -2.27. The molecular weight excluding hydrogens is 261 g/mol. The van der Waals surface area contributed by atoms with Crippen LogP contribution in [0.5, 0.6) is 0 Å². The third-order valence-corrected chi connectivity index (χ3v) is 4.80. The molecule has 1 N–H and O–H groups in total. The highest BCUT2D eigenvalue weighted by atomic mass is 19.1. The van der Waals surface area contributed by atoms with Crippen molar-refractivity contribution in [3.63, 3.8) is 0 Å². The van der Waals surface area contributed by atoms with E-state index in [4.69, 9.17) is 0 Å². The summed E-state index contributed by atoms with van der Waals surface area (Å²) in [5, 5.41) is 3.71. The Morgan fingerprint density at radius 2 is 2.00 bits per heavy atom. The fourth-order valence-electron chi connectivity index (χ4n) is 3.57. The van der Waals surface area contributed by atoms with E-state index in [1.165, 1.54) is 50.5 Å². The molecule has 0 spiro atoms. The van der Waals surface area contributed by atoms with Crippen molar-refractivity contribution in [3.05, 3.63) is 35.1 Å². The zero-order chi connectivity index (χ0) is 15.1. The summed E-state index contributed by atoms with van der Waals surface area (Å²) in [5.74, 6) is 0.760. The van der Waals surface area contributed by atoms with Crippen LogP contribution >= 0.6 is 0 Å². The average molecular weight is 291 g/mol. The van der Waals surface area contributed by atoms with Crippen LogP contribution in [0.15, 0.2) is 18.2 Å². The fraction of sp³-hybridized carbons (Fsp3) is 0.684. The minimum atomic E-state index is -0.124. The standard InChI is InChI=1S/C19H30FN/c1-3-11-21-19(13-16-7-5-4-6-8-16)14-17-9-10-18(20)12-15(17)2/h9-10,12,16,19,21H,3-8,11,13-14H2,1-2H3. The number of halogens is 1. The Hall–Kier alpha value is -0.890. The molecule has 1 saturated carbocycles. The number of aryl methyl sites for hydroxylation is 1. The van der Waals surface area contributed by atoms with Gasteiger partial charge in [0, 0.05) is 6.04 Å². The fourth-order valence-corrected chi connectivity index (χ4v) is 3.57. The van der Waals surface area contributed by atoms with Gasteiger partial charge in [0.1, 0.15) is 5.82 Å². The molecule has 1 atom stereocenters. The molecule has 0 aliphatic heterocycles. The molecule has 0 radical (unpaired) electrons. The van der Waals surface area contributed by atoms with Crippen molar-refractivity contribution in [2.24, 2.45) is 5.92 Å². The Morgan fingerprint density at radius 1 is 1.24 bits per heavy atom. The van der Waals surface area contributed by atoms with Crippen molar-refractivity contribution in [3.8, 4) is 0 Å². The number of hydrogen-bond acceptors (Lipinski definition) is 1. The average Bonchev–Trinajstić information content (AvgIpc) is 2.48. The largest absolute Gasteiger partial charge is 0.314 e. The van der Waals surface area contributed by atoms with Crippen LogP contribution in [0.25, 0.3) is 0 Å². The van der Waals surface area contributed by atoms with Gasteiger partial charge in [-0.05, 0) is 61.9 Å². The molecule has 0 bridgehead atoms. The zero-order valence-corrected chi connectivity index (χ0v) is 13.6. The lowest BCUT2D eigenvalue weighted by Crippen LogP contribution is -2.34. The minimum Gasteiger partial charge on any atom is -0.314 e. The Balaban J connectivity index is 1.97. The van der Waals surface area contributed by atoms with Gasteiger partial charge >= 0.3 is 0 Å². The topological polar surface area (TPSA) is 12.0 Å². The monoisotopic (exact) mass is 291 g/mol. The van der Waals surface area contributed by atoms with Crippen LogP contribution in [0.4, 0.5) is 4.39 Å². The summed E-state index contributed by atoms with van der Waals surface area (Å²) < 4.78 is 13.2.